The molecule has 0 bridgehead atoms. The van der Waals surface area contributed by atoms with Gasteiger partial charge in [0.1, 0.15) is 0 Å². The van der Waals surface area contributed by atoms with Crippen molar-refractivity contribution in [2.24, 2.45) is 7.05 Å². The molecule has 9 nitrogen and oxygen atoms in total. The van der Waals surface area contributed by atoms with E-state index >= 15 is 0 Å². The average molecular weight is 386 g/mol. The lowest BCUT2D eigenvalue weighted by atomic mass is 10.1. The lowest BCUT2D eigenvalue weighted by molar-refractivity contribution is -0.387. The first-order chi connectivity index (χ1) is 12.8. The van der Waals surface area contributed by atoms with Gasteiger partial charge in [-0.05, 0) is 24.3 Å². The van der Waals surface area contributed by atoms with Gasteiger partial charge >= 0.3 is 0 Å². The van der Waals surface area contributed by atoms with Crippen LogP contribution in [-0.4, -0.2) is 23.1 Å². The number of para-hydroxylation sites is 1. The van der Waals surface area contributed by atoms with Crippen molar-refractivity contribution in [3.63, 3.8) is 0 Å². The van der Waals surface area contributed by atoms with Crippen LogP contribution in [0, 0.1) is 10.1 Å². The van der Waals surface area contributed by atoms with Crippen LogP contribution in [0.15, 0.2) is 70.4 Å². The summed E-state index contributed by atoms with van der Waals surface area (Å²) < 4.78 is 28.5. The first kappa shape index (κ1) is 18.3. The number of aromatic nitrogens is 2. The lowest BCUT2D eigenvalue weighted by Gasteiger charge is -2.09. The fraction of sp³-hybridized carbons (Fsp3) is 0.0588. The lowest BCUT2D eigenvalue weighted by Crippen LogP contribution is -2.18. The third-order valence-corrected chi connectivity index (χ3v) is 5.17. The van der Waals surface area contributed by atoms with Crippen molar-refractivity contribution in [1.82, 2.24) is 9.78 Å². The number of hydrogen-bond donors (Lipinski definition) is 1. The molecule has 0 aliphatic heterocycles. The van der Waals surface area contributed by atoms with Gasteiger partial charge in [0.25, 0.3) is 21.3 Å². The second-order valence-corrected chi connectivity index (χ2v) is 7.24. The normalized spacial score (nSPS) is 11.1. The average Bonchev–Trinajstić information content (AvgIpc) is 2.64. The van der Waals surface area contributed by atoms with Gasteiger partial charge in [0, 0.05) is 30.4 Å². The van der Waals surface area contributed by atoms with Crippen LogP contribution < -0.4 is 10.3 Å². The highest BCUT2D eigenvalue weighted by atomic mass is 32.2. The summed E-state index contributed by atoms with van der Waals surface area (Å²) in [5.41, 5.74) is 0.717. The van der Waals surface area contributed by atoms with Gasteiger partial charge in [-0.25, -0.2) is 13.1 Å². The molecular weight excluding hydrogens is 372 g/mol. The van der Waals surface area contributed by atoms with Crippen LogP contribution in [0.25, 0.3) is 11.3 Å². The number of benzene rings is 2. The molecule has 0 saturated carbocycles. The summed E-state index contributed by atoms with van der Waals surface area (Å²) in [6.07, 6.45) is 0. The van der Waals surface area contributed by atoms with Crippen molar-refractivity contribution in [3.8, 4) is 11.3 Å². The third-order valence-electron chi connectivity index (χ3n) is 3.74. The molecule has 1 N–H and O–H groups in total. The number of hydrogen-bond acceptors (Lipinski definition) is 6. The second-order valence-electron chi connectivity index (χ2n) is 5.59. The molecular formula is C17H14N4O5S. The standard InChI is InChI=1S/C17H14N4O5S/c1-20-17(22)11-10-14(18-20)12-6-8-13(9-7-12)19-27(25,26)16-5-3-2-4-15(16)21(23)24/h2-11,19H,1H3. The number of aryl methyl sites for hydroxylation is 1. The van der Waals surface area contributed by atoms with Crippen LogP contribution in [0.2, 0.25) is 0 Å². The number of rotatable bonds is 5. The van der Waals surface area contributed by atoms with E-state index in [1.807, 2.05) is 0 Å². The molecule has 0 fully saturated rings. The van der Waals surface area contributed by atoms with Gasteiger partial charge in [0.15, 0.2) is 4.90 Å². The molecule has 0 amide bonds. The molecule has 1 heterocycles. The van der Waals surface area contributed by atoms with Crippen LogP contribution in [0.4, 0.5) is 11.4 Å². The van der Waals surface area contributed by atoms with Gasteiger partial charge in [-0.15, -0.1) is 0 Å². The molecule has 0 saturated heterocycles. The Kier molecular flexibility index (Phi) is 4.74. The quantitative estimate of drug-likeness (QED) is 0.529. The van der Waals surface area contributed by atoms with Crippen molar-refractivity contribution in [3.05, 3.63) is 81.1 Å². The fourth-order valence-corrected chi connectivity index (χ4v) is 3.64. The number of nitro groups is 1. The molecule has 3 aromatic rings. The number of nitrogens with zero attached hydrogens (tertiary/aromatic N) is 3. The summed E-state index contributed by atoms with van der Waals surface area (Å²) in [5.74, 6) is 0. The second kappa shape index (κ2) is 7.00. The Balaban J connectivity index is 1.89. The maximum Gasteiger partial charge on any atom is 0.289 e. The van der Waals surface area contributed by atoms with Crippen molar-refractivity contribution in [1.29, 1.82) is 0 Å². The molecule has 0 radical (unpaired) electrons. The van der Waals surface area contributed by atoms with E-state index in [1.165, 1.54) is 48.1 Å². The van der Waals surface area contributed by atoms with Crippen molar-refractivity contribution in [2.75, 3.05) is 4.72 Å². The predicted octanol–water partition coefficient (Wildman–Crippen LogP) is 2.16. The van der Waals surface area contributed by atoms with Crippen LogP contribution in [0.5, 0.6) is 0 Å². The Bertz CT molecular complexity index is 1170. The first-order valence-electron chi connectivity index (χ1n) is 7.69. The molecule has 0 aliphatic rings. The topological polar surface area (TPSA) is 124 Å². The zero-order chi connectivity index (χ0) is 19.6. The number of anilines is 1. The molecule has 3 rings (SSSR count). The van der Waals surface area contributed by atoms with Crippen LogP contribution >= 0.6 is 0 Å². The van der Waals surface area contributed by atoms with E-state index in [0.717, 1.165) is 6.07 Å². The van der Waals surface area contributed by atoms with Gasteiger partial charge in [-0.1, -0.05) is 24.3 Å². The highest BCUT2D eigenvalue weighted by molar-refractivity contribution is 7.92. The molecule has 2 aromatic carbocycles. The number of sulfonamides is 1. The Hall–Kier alpha value is -3.53. The minimum Gasteiger partial charge on any atom is -0.279 e. The Morgan fingerprint density at radius 2 is 1.70 bits per heavy atom. The summed E-state index contributed by atoms with van der Waals surface area (Å²) in [5, 5.41) is 15.2. The van der Waals surface area contributed by atoms with Gasteiger partial charge in [0.05, 0.1) is 10.6 Å². The number of nitrogens with one attached hydrogen (secondary N) is 1. The SMILES string of the molecule is Cn1nc(-c2ccc(NS(=O)(=O)c3ccccc3[N+](=O)[O-])cc2)ccc1=O. The zero-order valence-electron chi connectivity index (χ0n) is 14.1. The molecule has 0 spiro atoms. The van der Waals surface area contributed by atoms with E-state index in [0.29, 0.717) is 11.3 Å². The molecule has 10 heteroatoms. The van der Waals surface area contributed by atoms with Gasteiger partial charge in [-0.3, -0.25) is 19.6 Å². The van der Waals surface area contributed by atoms with Gasteiger partial charge in [0.2, 0.25) is 0 Å². The minimum absolute atomic E-state index is 0.238. The summed E-state index contributed by atoms with van der Waals surface area (Å²) in [6.45, 7) is 0. The summed E-state index contributed by atoms with van der Waals surface area (Å²) >= 11 is 0. The van der Waals surface area contributed by atoms with E-state index in [2.05, 4.69) is 9.82 Å². The minimum atomic E-state index is -4.13. The molecule has 0 aliphatic carbocycles. The maximum absolute atomic E-state index is 12.5. The Morgan fingerprint density at radius 1 is 1.04 bits per heavy atom. The van der Waals surface area contributed by atoms with E-state index in [4.69, 9.17) is 0 Å². The Morgan fingerprint density at radius 3 is 2.33 bits per heavy atom. The largest absolute Gasteiger partial charge is 0.289 e. The predicted molar refractivity (Wildman–Crippen MR) is 98.8 cm³/mol. The zero-order valence-corrected chi connectivity index (χ0v) is 14.9. The maximum atomic E-state index is 12.5. The third kappa shape index (κ3) is 3.85. The highest BCUT2D eigenvalue weighted by Crippen LogP contribution is 2.26. The fourth-order valence-electron chi connectivity index (χ4n) is 2.41. The molecule has 0 unspecified atom stereocenters. The van der Waals surface area contributed by atoms with E-state index in [9.17, 15) is 23.3 Å². The van der Waals surface area contributed by atoms with Crippen molar-refractivity contribution < 1.29 is 13.3 Å². The van der Waals surface area contributed by atoms with Gasteiger partial charge < -0.3 is 0 Å². The number of nitro benzene ring substituents is 1. The van der Waals surface area contributed by atoms with E-state index < -0.39 is 25.5 Å². The Labute approximate surface area is 154 Å². The summed E-state index contributed by atoms with van der Waals surface area (Å²) in [4.78, 5) is 21.3. The van der Waals surface area contributed by atoms with Gasteiger partial charge in [-0.2, -0.15) is 5.10 Å². The summed E-state index contributed by atoms with van der Waals surface area (Å²) in [6, 6.07) is 14.3. The van der Waals surface area contributed by atoms with E-state index in [1.54, 1.807) is 18.2 Å². The smallest absolute Gasteiger partial charge is 0.279 e. The first-order valence-corrected chi connectivity index (χ1v) is 9.17. The highest BCUT2D eigenvalue weighted by Gasteiger charge is 2.25. The molecule has 27 heavy (non-hydrogen) atoms. The monoisotopic (exact) mass is 386 g/mol. The van der Waals surface area contributed by atoms with Crippen molar-refractivity contribution >= 4 is 21.4 Å². The van der Waals surface area contributed by atoms with E-state index in [-0.39, 0.29) is 11.2 Å². The van der Waals surface area contributed by atoms with Crippen LogP contribution in [0.1, 0.15) is 0 Å². The molecule has 138 valence electrons. The molecule has 1 aromatic heterocycles. The molecule has 0 atom stereocenters. The summed E-state index contributed by atoms with van der Waals surface area (Å²) in [7, 11) is -2.60. The van der Waals surface area contributed by atoms with Crippen molar-refractivity contribution in [2.45, 2.75) is 4.90 Å². The van der Waals surface area contributed by atoms with Crippen LogP contribution in [0.3, 0.4) is 0 Å². The van der Waals surface area contributed by atoms with Crippen LogP contribution in [-0.2, 0) is 17.1 Å².